The van der Waals surface area contributed by atoms with Gasteiger partial charge in [0, 0.05) is 12.4 Å². The number of halogens is 1. The lowest BCUT2D eigenvalue weighted by molar-refractivity contribution is 0.0801. The number of hydrogen-bond donors (Lipinski definition) is 1. The van der Waals surface area contributed by atoms with Crippen molar-refractivity contribution in [3.63, 3.8) is 0 Å². The van der Waals surface area contributed by atoms with E-state index in [0.29, 0.717) is 11.9 Å². The van der Waals surface area contributed by atoms with Crippen LogP contribution in [0.25, 0.3) is 0 Å². The Morgan fingerprint density at radius 1 is 1.86 bits per heavy atom. The van der Waals surface area contributed by atoms with Gasteiger partial charge in [-0.1, -0.05) is 15.9 Å². The summed E-state index contributed by atoms with van der Waals surface area (Å²) in [5.41, 5.74) is 0. The van der Waals surface area contributed by atoms with Gasteiger partial charge in [-0.3, -0.25) is 0 Å². The minimum atomic E-state index is -0.356. The van der Waals surface area contributed by atoms with E-state index < -0.39 is 0 Å². The van der Waals surface area contributed by atoms with Crippen molar-refractivity contribution in [1.29, 1.82) is 0 Å². The van der Waals surface area contributed by atoms with E-state index in [0.717, 1.165) is 0 Å². The Hall–Kier alpha value is 0.400. The Morgan fingerprint density at radius 2 is 2.43 bits per heavy atom. The number of aliphatic hydroxyl groups excluding tert-OH is 1. The van der Waals surface area contributed by atoms with Gasteiger partial charge in [0.05, 0.1) is 12.7 Å². The zero-order valence-corrected chi connectivity index (χ0v) is 5.81. The van der Waals surface area contributed by atoms with Gasteiger partial charge in [0.15, 0.2) is 0 Å². The average Bonchev–Trinajstić information content (AvgIpc) is 1.68. The molecule has 44 valence electrons. The second-order valence-corrected chi connectivity index (χ2v) is 1.91. The third-order valence-corrected chi connectivity index (χ3v) is 1.28. The van der Waals surface area contributed by atoms with Gasteiger partial charge in [-0.2, -0.15) is 0 Å². The van der Waals surface area contributed by atoms with Gasteiger partial charge in [0.1, 0.15) is 0 Å². The van der Waals surface area contributed by atoms with Gasteiger partial charge in [-0.05, 0) is 0 Å². The maximum atomic E-state index is 8.69. The quantitative estimate of drug-likeness (QED) is 0.619. The number of methoxy groups -OCH3 is 1. The Balaban J connectivity index is 2.83. The first-order valence-corrected chi connectivity index (χ1v) is 3.16. The fourth-order valence-electron chi connectivity index (χ4n) is 0.237. The Bertz CT molecular complexity index is 40.7. The topological polar surface area (TPSA) is 29.5 Å². The zero-order valence-electron chi connectivity index (χ0n) is 4.22. The Morgan fingerprint density at radius 3 is 2.57 bits per heavy atom. The van der Waals surface area contributed by atoms with Crippen molar-refractivity contribution >= 4 is 15.9 Å². The van der Waals surface area contributed by atoms with Crippen molar-refractivity contribution in [1.82, 2.24) is 0 Å². The SMILES string of the molecule is COC[C@@H](O)CBr. The summed E-state index contributed by atoms with van der Waals surface area (Å²) in [5.74, 6) is 0. The number of alkyl halides is 1. The van der Waals surface area contributed by atoms with Gasteiger partial charge < -0.3 is 9.84 Å². The zero-order chi connectivity index (χ0) is 5.70. The summed E-state index contributed by atoms with van der Waals surface area (Å²) >= 11 is 3.09. The second-order valence-electron chi connectivity index (χ2n) is 1.26. The summed E-state index contributed by atoms with van der Waals surface area (Å²) < 4.78 is 4.61. The van der Waals surface area contributed by atoms with E-state index in [1.807, 2.05) is 0 Å². The van der Waals surface area contributed by atoms with Crippen LogP contribution in [0.4, 0.5) is 0 Å². The molecule has 0 rings (SSSR count). The predicted molar refractivity (Wildman–Crippen MR) is 31.7 cm³/mol. The second kappa shape index (κ2) is 4.56. The summed E-state index contributed by atoms with van der Waals surface area (Å²) in [6, 6.07) is 0. The molecule has 0 amide bonds. The van der Waals surface area contributed by atoms with Crippen LogP contribution in [0, 0.1) is 0 Å². The minimum absolute atomic E-state index is 0.356. The summed E-state index contributed by atoms with van der Waals surface area (Å²) in [4.78, 5) is 0. The van der Waals surface area contributed by atoms with Gasteiger partial charge in [-0.25, -0.2) is 0 Å². The number of hydrogen-bond acceptors (Lipinski definition) is 2. The first kappa shape index (κ1) is 7.40. The van der Waals surface area contributed by atoms with E-state index >= 15 is 0 Å². The van der Waals surface area contributed by atoms with Crippen LogP contribution in [0.15, 0.2) is 0 Å². The molecule has 0 heterocycles. The molecule has 0 saturated carbocycles. The number of rotatable bonds is 3. The molecule has 0 aliphatic carbocycles. The van der Waals surface area contributed by atoms with Crippen molar-refractivity contribution < 1.29 is 9.84 Å². The molecule has 2 nitrogen and oxygen atoms in total. The molecule has 0 aromatic rings. The van der Waals surface area contributed by atoms with Crippen LogP contribution in [0.2, 0.25) is 0 Å². The fourth-order valence-corrected chi connectivity index (χ4v) is 0.424. The Kier molecular flexibility index (Phi) is 4.82. The molecule has 1 atom stereocenters. The van der Waals surface area contributed by atoms with E-state index in [9.17, 15) is 0 Å². The molecular weight excluding hydrogens is 160 g/mol. The molecule has 0 aliphatic rings. The molecule has 0 unspecified atom stereocenters. The van der Waals surface area contributed by atoms with E-state index in [-0.39, 0.29) is 6.10 Å². The predicted octanol–water partition coefficient (Wildman–Crippen LogP) is 0.389. The van der Waals surface area contributed by atoms with Crippen LogP contribution < -0.4 is 0 Å². The number of aliphatic hydroxyl groups is 1. The van der Waals surface area contributed by atoms with Crippen LogP contribution in [-0.4, -0.2) is 30.3 Å². The fraction of sp³-hybridized carbons (Fsp3) is 1.00. The smallest absolute Gasteiger partial charge is 0.0870 e. The van der Waals surface area contributed by atoms with E-state index in [2.05, 4.69) is 20.7 Å². The monoisotopic (exact) mass is 168 g/mol. The van der Waals surface area contributed by atoms with Crippen LogP contribution >= 0.6 is 15.9 Å². The molecule has 0 spiro atoms. The van der Waals surface area contributed by atoms with E-state index in [1.54, 1.807) is 7.11 Å². The lowest BCUT2D eigenvalue weighted by Crippen LogP contribution is -2.14. The maximum absolute atomic E-state index is 8.69. The van der Waals surface area contributed by atoms with Crippen molar-refractivity contribution in [2.45, 2.75) is 6.10 Å². The highest BCUT2D eigenvalue weighted by molar-refractivity contribution is 9.09. The Labute approximate surface area is 51.6 Å². The molecule has 1 N–H and O–H groups in total. The first-order chi connectivity index (χ1) is 3.31. The van der Waals surface area contributed by atoms with Gasteiger partial charge in [0.2, 0.25) is 0 Å². The standard InChI is InChI=1S/C4H9BrO2/c1-7-3-4(6)2-5/h4,6H,2-3H2,1H3/t4-/m0/s1. The van der Waals surface area contributed by atoms with Crippen LogP contribution in [0.3, 0.4) is 0 Å². The molecule has 0 aromatic heterocycles. The summed E-state index contributed by atoms with van der Waals surface area (Å²) in [6.07, 6.45) is -0.356. The first-order valence-electron chi connectivity index (χ1n) is 2.04. The molecular formula is C4H9BrO2. The average molecular weight is 169 g/mol. The summed E-state index contributed by atoms with van der Waals surface area (Å²) in [5, 5.41) is 9.27. The van der Waals surface area contributed by atoms with Crippen LogP contribution in [0.1, 0.15) is 0 Å². The molecule has 0 fully saturated rings. The molecule has 0 aromatic carbocycles. The van der Waals surface area contributed by atoms with Crippen molar-refractivity contribution in [2.24, 2.45) is 0 Å². The van der Waals surface area contributed by atoms with Crippen LogP contribution in [-0.2, 0) is 4.74 Å². The summed E-state index contributed by atoms with van der Waals surface area (Å²) in [6.45, 7) is 0.408. The third-order valence-electron chi connectivity index (χ3n) is 0.537. The lowest BCUT2D eigenvalue weighted by Gasteiger charge is -2.01. The van der Waals surface area contributed by atoms with Crippen LogP contribution in [0.5, 0.6) is 0 Å². The molecule has 0 saturated heterocycles. The van der Waals surface area contributed by atoms with Gasteiger partial charge >= 0.3 is 0 Å². The lowest BCUT2D eigenvalue weighted by atomic mass is 10.4. The molecule has 3 heteroatoms. The van der Waals surface area contributed by atoms with E-state index in [1.165, 1.54) is 0 Å². The van der Waals surface area contributed by atoms with Crippen molar-refractivity contribution in [3.8, 4) is 0 Å². The largest absolute Gasteiger partial charge is 0.390 e. The molecule has 0 aliphatic heterocycles. The van der Waals surface area contributed by atoms with E-state index in [4.69, 9.17) is 5.11 Å². The molecule has 0 radical (unpaired) electrons. The normalized spacial score (nSPS) is 14.1. The number of ether oxygens (including phenoxy) is 1. The van der Waals surface area contributed by atoms with Crippen molar-refractivity contribution in [2.75, 3.05) is 19.0 Å². The highest BCUT2D eigenvalue weighted by Crippen LogP contribution is 1.88. The summed E-state index contributed by atoms with van der Waals surface area (Å²) in [7, 11) is 1.56. The minimum Gasteiger partial charge on any atom is -0.390 e. The highest BCUT2D eigenvalue weighted by atomic mass is 79.9. The molecule has 7 heavy (non-hydrogen) atoms. The highest BCUT2D eigenvalue weighted by Gasteiger charge is 1.96. The maximum Gasteiger partial charge on any atom is 0.0870 e. The van der Waals surface area contributed by atoms with Gasteiger partial charge in [0.25, 0.3) is 0 Å². The van der Waals surface area contributed by atoms with Gasteiger partial charge in [-0.15, -0.1) is 0 Å². The van der Waals surface area contributed by atoms with Crippen molar-refractivity contribution in [3.05, 3.63) is 0 Å². The third kappa shape index (κ3) is 4.25. The molecule has 0 bridgehead atoms.